The molecule has 0 spiro atoms. The van der Waals surface area contributed by atoms with Crippen molar-refractivity contribution in [3.63, 3.8) is 0 Å². The molecule has 3 aromatic heterocycles. The fraction of sp³-hybridized carbons (Fsp3) is 0.387. The Morgan fingerprint density at radius 2 is 1.93 bits per heavy atom. The highest BCUT2D eigenvalue weighted by Crippen LogP contribution is 2.39. The molecule has 6 heterocycles. The van der Waals surface area contributed by atoms with E-state index in [4.69, 9.17) is 4.98 Å². The van der Waals surface area contributed by atoms with Gasteiger partial charge in [-0.2, -0.15) is 0 Å². The summed E-state index contributed by atoms with van der Waals surface area (Å²) in [5, 5.41) is 0. The first-order valence-electron chi connectivity index (χ1n) is 14.6. The van der Waals surface area contributed by atoms with E-state index < -0.39 is 11.7 Å². The first-order valence-corrected chi connectivity index (χ1v) is 14.6. The molecule has 1 unspecified atom stereocenters. The van der Waals surface area contributed by atoms with Crippen molar-refractivity contribution in [3.05, 3.63) is 83.2 Å². The lowest BCUT2D eigenvalue weighted by Crippen LogP contribution is -2.28. The quantitative estimate of drug-likeness (QED) is 0.362. The number of halogens is 3. The van der Waals surface area contributed by atoms with Gasteiger partial charge in [0, 0.05) is 68.2 Å². The van der Waals surface area contributed by atoms with Crippen LogP contribution in [-0.2, 0) is 6.54 Å². The average molecular weight is 575 g/mol. The maximum absolute atomic E-state index is 16.4. The summed E-state index contributed by atoms with van der Waals surface area (Å²) in [4.78, 5) is 21.4. The normalized spacial score (nSPS) is 21.5. The molecule has 0 radical (unpaired) electrons. The number of imidazole rings is 1. The molecule has 3 aromatic rings. The SMILES string of the molecule is CC1C=CC=C(N2CCCCC2)c2nc(C3=CNNc4cnc(-c5cncc(CN6CCC(F)(F)C6)c5)c(F)c43)[nH]c21. The predicted molar refractivity (Wildman–Crippen MR) is 156 cm³/mol. The Labute approximate surface area is 242 Å². The average Bonchev–Trinajstić information content (AvgIpc) is 3.54. The molecule has 0 amide bonds. The van der Waals surface area contributed by atoms with Crippen molar-refractivity contribution in [3.8, 4) is 11.3 Å². The summed E-state index contributed by atoms with van der Waals surface area (Å²) < 4.78 is 43.9. The zero-order chi connectivity index (χ0) is 28.8. The third-order valence-electron chi connectivity index (χ3n) is 8.47. The molecule has 1 aliphatic carbocycles. The summed E-state index contributed by atoms with van der Waals surface area (Å²) in [6, 6.07) is 1.78. The number of fused-ring (bicyclic) bond motifs is 2. The van der Waals surface area contributed by atoms with E-state index in [1.54, 1.807) is 35.8 Å². The first-order chi connectivity index (χ1) is 20.4. The van der Waals surface area contributed by atoms with Crippen molar-refractivity contribution in [2.24, 2.45) is 0 Å². The van der Waals surface area contributed by atoms with Gasteiger partial charge in [0.1, 0.15) is 17.2 Å². The molecule has 218 valence electrons. The molecule has 0 aromatic carbocycles. The fourth-order valence-electron chi connectivity index (χ4n) is 6.31. The van der Waals surface area contributed by atoms with Crippen LogP contribution in [0.3, 0.4) is 0 Å². The monoisotopic (exact) mass is 574 g/mol. The number of likely N-dealkylation sites (tertiary alicyclic amines) is 2. The summed E-state index contributed by atoms with van der Waals surface area (Å²) in [7, 11) is 0. The molecule has 7 rings (SSSR count). The zero-order valence-corrected chi connectivity index (χ0v) is 23.4. The Balaban J connectivity index is 1.23. The van der Waals surface area contributed by atoms with Crippen LogP contribution in [0.2, 0.25) is 0 Å². The molecule has 4 aliphatic rings. The van der Waals surface area contributed by atoms with Gasteiger partial charge in [-0.15, -0.1) is 0 Å². The van der Waals surface area contributed by atoms with E-state index in [1.165, 1.54) is 6.42 Å². The fourth-order valence-corrected chi connectivity index (χ4v) is 6.31. The topological polar surface area (TPSA) is 85.0 Å². The third kappa shape index (κ3) is 4.95. The van der Waals surface area contributed by atoms with E-state index in [9.17, 15) is 8.78 Å². The lowest BCUT2D eigenvalue weighted by Gasteiger charge is -2.30. The smallest absolute Gasteiger partial charge is 0.261 e. The standard InChI is InChI=1S/C31H33F3N8/c1-19-6-5-7-24(42-9-3-2-4-10-42)29-27(19)38-30(39-29)22-15-37-40-23-16-36-28(26(32)25(22)23)21-12-20(13-35-14-21)17-41-11-8-31(33,34)18-41/h5-7,12-16,19,37,40H,2-4,8-11,17-18H2,1H3,(H,38,39). The van der Waals surface area contributed by atoms with Gasteiger partial charge in [-0.1, -0.05) is 19.1 Å². The van der Waals surface area contributed by atoms with Gasteiger partial charge in [0.2, 0.25) is 0 Å². The Bertz CT molecular complexity index is 1600. The number of piperidine rings is 1. The predicted octanol–water partition coefficient (Wildman–Crippen LogP) is 5.67. The minimum atomic E-state index is -2.68. The van der Waals surface area contributed by atoms with Crippen molar-refractivity contribution < 1.29 is 13.2 Å². The number of hydrogen-bond acceptors (Lipinski definition) is 7. The number of nitrogens with zero attached hydrogens (tertiary/aromatic N) is 5. The van der Waals surface area contributed by atoms with Crippen LogP contribution in [0, 0.1) is 5.82 Å². The van der Waals surface area contributed by atoms with E-state index in [2.05, 4.69) is 55.9 Å². The Morgan fingerprint density at radius 3 is 2.74 bits per heavy atom. The van der Waals surface area contributed by atoms with E-state index in [1.807, 2.05) is 0 Å². The van der Waals surface area contributed by atoms with Gasteiger partial charge >= 0.3 is 0 Å². The van der Waals surface area contributed by atoms with Crippen LogP contribution in [0.25, 0.3) is 22.5 Å². The Hall–Kier alpha value is -4.12. The number of allylic oxidation sites excluding steroid dienone is 3. The summed E-state index contributed by atoms with van der Waals surface area (Å²) in [6.45, 7) is 4.45. The maximum atomic E-state index is 16.4. The molecule has 8 nitrogen and oxygen atoms in total. The number of alkyl halides is 2. The molecule has 42 heavy (non-hydrogen) atoms. The number of aromatic nitrogens is 4. The zero-order valence-electron chi connectivity index (χ0n) is 23.4. The van der Waals surface area contributed by atoms with E-state index in [0.717, 1.165) is 48.6 Å². The molecule has 3 N–H and O–H groups in total. The second-order valence-corrected chi connectivity index (χ2v) is 11.6. The molecule has 0 saturated carbocycles. The van der Waals surface area contributed by atoms with Crippen molar-refractivity contribution >= 4 is 17.0 Å². The van der Waals surface area contributed by atoms with Crippen LogP contribution >= 0.6 is 0 Å². The van der Waals surface area contributed by atoms with Gasteiger partial charge in [0.05, 0.1) is 35.4 Å². The van der Waals surface area contributed by atoms with Crippen molar-refractivity contribution in [1.29, 1.82) is 0 Å². The lowest BCUT2D eigenvalue weighted by atomic mass is 10.00. The number of hydrogen-bond donors (Lipinski definition) is 3. The second-order valence-electron chi connectivity index (χ2n) is 11.6. The minimum absolute atomic E-state index is 0.108. The first kappa shape index (κ1) is 26.8. The third-order valence-corrected chi connectivity index (χ3v) is 8.47. The van der Waals surface area contributed by atoms with Crippen LogP contribution in [-0.4, -0.2) is 61.8 Å². The molecule has 2 saturated heterocycles. The maximum Gasteiger partial charge on any atom is 0.261 e. The number of hydrazine groups is 1. The molecule has 2 fully saturated rings. The number of H-pyrrole nitrogens is 1. The highest BCUT2D eigenvalue weighted by molar-refractivity contribution is 5.88. The second kappa shape index (κ2) is 10.6. The van der Waals surface area contributed by atoms with Crippen molar-refractivity contribution in [1.82, 2.24) is 35.2 Å². The number of anilines is 1. The van der Waals surface area contributed by atoms with E-state index >= 15 is 4.39 Å². The molecule has 11 heteroatoms. The summed E-state index contributed by atoms with van der Waals surface area (Å²) in [5.41, 5.74) is 11.8. The number of pyridine rings is 2. The van der Waals surface area contributed by atoms with Gasteiger partial charge in [-0.05, 0) is 37.0 Å². The number of nitrogens with one attached hydrogen (secondary N) is 3. The van der Waals surface area contributed by atoms with Gasteiger partial charge in [-0.25, -0.2) is 18.2 Å². The lowest BCUT2D eigenvalue weighted by molar-refractivity contribution is 0.0115. The van der Waals surface area contributed by atoms with Crippen LogP contribution < -0.4 is 10.9 Å². The number of rotatable bonds is 5. The highest BCUT2D eigenvalue weighted by atomic mass is 19.3. The van der Waals surface area contributed by atoms with Gasteiger partial charge in [0.25, 0.3) is 5.92 Å². The van der Waals surface area contributed by atoms with Gasteiger partial charge in [-0.3, -0.25) is 20.3 Å². The van der Waals surface area contributed by atoms with Crippen molar-refractivity contribution in [2.75, 3.05) is 31.6 Å². The molecular weight excluding hydrogens is 541 g/mol. The summed E-state index contributed by atoms with van der Waals surface area (Å²) >= 11 is 0. The summed E-state index contributed by atoms with van der Waals surface area (Å²) in [5.74, 6) is -2.51. The van der Waals surface area contributed by atoms with Crippen molar-refractivity contribution in [2.45, 2.75) is 51.0 Å². The Morgan fingerprint density at radius 1 is 1.07 bits per heavy atom. The highest BCUT2D eigenvalue weighted by Gasteiger charge is 2.38. The Kier molecular flexibility index (Phi) is 6.76. The summed E-state index contributed by atoms with van der Waals surface area (Å²) in [6.07, 6.45) is 16.2. The minimum Gasteiger partial charge on any atom is -0.370 e. The van der Waals surface area contributed by atoms with E-state index in [-0.39, 0.29) is 24.6 Å². The molecule has 3 aliphatic heterocycles. The van der Waals surface area contributed by atoms with Crippen LogP contribution in [0.4, 0.5) is 18.9 Å². The van der Waals surface area contributed by atoms with Crippen LogP contribution in [0.15, 0.2) is 49.1 Å². The van der Waals surface area contributed by atoms with Crippen LogP contribution in [0.5, 0.6) is 0 Å². The molecular formula is C31H33F3N8. The van der Waals surface area contributed by atoms with E-state index in [0.29, 0.717) is 41.3 Å². The largest absolute Gasteiger partial charge is 0.370 e. The molecule has 1 atom stereocenters. The van der Waals surface area contributed by atoms with Gasteiger partial charge in [0.15, 0.2) is 5.82 Å². The number of aromatic amines is 1. The molecule has 0 bridgehead atoms. The van der Waals surface area contributed by atoms with Crippen LogP contribution in [0.1, 0.15) is 66.9 Å². The van der Waals surface area contributed by atoms with Gasteiger partial charge < -0.3 is 15.3 Å².